The molecule has 1 heteroatoms. The van der Waals surface area contributed by atoms with Crippen LogP contribution in [0.15, 0.2) is 23.8 Å². The number of aliphatic hydroxyl groups excluding tert-OH is 1. The van der Waals surface area contributed by atoms with Crippen molar-refractivity contribution in [3.05, 3.63) is 23.8 Å². The summed E-state index contributed by atoms with van der Waals surface area (Å²) in [7, 11) is 0. The molecule has 0 saturated heterocycles. The zero-order valence-electron chi connectivity index (χ0n) is 21.8. The summed E-state index contributed by atoms with van der Waals surface area (Å²) in [4.78, 5) is 0. The lowest BCUT2D eigenvalue weighted by Crippen LogP contribution is -2.56. The lowest BCUT2D eigenvalue weighted by molar-refractivity contribution is -0.0786. The van der Waals surface area contributed by atoms with Crippen LogP contribution in [-0.4, -0.2) is 11.2 Å². The lowest BCUT2D eigenvalue weighted by atomic mass is 9.43. The summed E-state index contributed by atoms with van der Waals surface area (Å²) in [6.07, 6.45) is 18.0. The van der Waals surface area contributed by atoms with Crippen LogP contribution in [0.25, 0.3) is 0 Å². The van der Waals surface area contributed by atoms with Crippen molar-refractivity contribution in [2.24, 2.45) is 51.2 Å². The predicted molar refractivity (Wildman–Crippen MR) is 133 cm³/mol. The lowest BCUT2D eigenvalue weighted by Gasteiger charge is -2.62. The average Bonchev–Trinajstić information content (AvgIpc) is 2.96. The molecule has 2 saturated carbocycles. The van der Waals surface area contributed by atoms with Gasteiger partial charge in [0.1, 0.15) is 0 Å². The molecule has 0 aliphatic heterocycles. The molecule has 0 aromatic heterocycles. The van der Waals surface area contributed by atoms with Crippen LogP contribution in [0.2, 0.25) is 0 Å². The molecule has 0 heterocycles. The van der Waals surface area contributed by atoms with Gasteiger partial charge in [-0.25, -0.2) is 0 Å². The normalized spacial score (nSPS) is 46.8. The standard InChI is InChI=1S/C30H50O/c1-20(2)10-9-11-21(3)22-14-18-30(8)24-12-13-25-27(4,5)26(31)16-17-28(25,6)23(24)15-19-29(22,30)7/h12-13,15,20-22,24-26,31H,9-11,14,16-19H2,1-8H3. The van der Waals surface area contributed by atoms with Crippen LogP contribution in [0, 0.1) is 51.2 Å². The first-order valence-electron chi connectivity index (χ1n) is 13.4. The molecule has 4 rings (SSSR count). The molecule has 31 heavy (non-hydrogen) atoms. The molecule has 1 N–H and O–H groups in total. The Hall–Kier alpha value is -0.560. The van der Waals surface area contributed by atoms with Crippen LogP contribution in [-0.2, 0) is 0 Å². The largest absolute Gasteiger partial charge is 0.393 e. The second kappa shape index (κ2) is 7.75. The number of fused-ring (bicyclic) bond motifs is 5. The van der Waals surface area contributed by atoms with Crippen molar-refractivity contribution in [1.82, 2.24) is 0 Å². The van der Waals surface area contributed by atoms with Gasteiger partial charge in [-0.15, -0.1) is 0 Å². The van der Waals surface area contributed by atoms with Gasteiger partial charge in [0, 0.05) is 5.92 Å². The van der Waals surface area contributed by atoms with Gasteiger partial charge in [0.05, 0.1) is 6.10 Å². The Morgan fingerprint density at radius 1 is 0.935 bits per heavy atom. The molecule has 1 nitrogen and oxygen atoms in total. The third kappa shape index (κ3) is 3.34. The van der Waals surface area contributed by atoms with Gasteiger partial charge in [-0.2, -0.15) is 0 Å². The van der Waals surface area contributed by atoms with Crippen molar-refractivity contribution in [2.75, 3.05) is 0 Å². The van der Waals surface area contributed by atoms with Crippen molar-refractivity contribution in [2.45, 2.75) is 113 Å². The molecule has 8 unspecified atom stereocenters. The van der Waals surface area contributed by atoms with Crippen LogP contribution in [0.3, 0.4) is 0 Å². The summed E-state index contributed by atoms with van der Waals surface area (Å²) in [5, 5.41) is 10.8. The highest BCUT2D eigenvalue weighted by atomic mass is 16.3. The quantitative estimate of drug-likeness (QED) is 0.439. The molecule has 176 valence electrons. The fraction of sp³-hybridized carbons (Fsp3) is 0.867. The number of hydrogen-bond donors (Lipinski definition) is 1. The molecule has 0 bridgehead atoms. The highest BCUT2D eigenvalue weighted by Crippen LogP contribution is 2.71. The molecule has 0 aromatic carbocycles. The van der Waals surface area contributed by atoms with Gasteiger partial charge in [-0.3, -0.25) is 0 Å². The van der Waals surface area contributed by atoms with E-state index in [2.05, 4.69) is 73.6 Å². The van der Waals surface area contributed by atoms with Crippen LogP contribution in [0.5, 0.6) is 0 Å². The van der Waals surface area contributed by atoms with E-state index >= 15 is 0 Å². The third-order valence-corrected chi connectivity index (χ3v) is 11.4. The van der Waals surface area contributed by atoms with E-state index in [9.17, 15) is 5.11 Å². The van der Waals surface area contributed by atoms with Gasteiger partial charge in [-0.1, -0.05) is 98.5 Å². The highest BCUT2D eigenvalue weighted by Gasteiger charge is 2.64. The summed E-state index contributed by atoms with van der Waals surface area (Å²) < 4.78 is 0. The fourth-order valence-corrected chi connectivity index (χ4v) is 9.04. The van der Waals surface area contributed by atoms with Crippen molar-refractivity contribution in [3.63, 3.8) is 0 Å². The smallest absolute Gasteiger partial charge is 0.0597 e. The Morgan fingerprint density at radius 3 is 2.32 bits per heavy atom. The maximum absolute atomic E-state index is 10.8. The predicted octanol–water partition coefficient (Wildman–Crippen LogP) is 8.19. The summed E-state index contributed by atoms with van der Waals surface area (Å²) in [5.74, 6) is 3.56. The fourth-order valence-electron chi connectivity index (χ4n) is 9.04. The number of aliphatic hydroxyl groups is 1. The van der Waals surface area contributed by atoms with E-state index in [4.69, 9.17) is 0 Å². The molecule has 8 atom stereocenters. The van der Waals surface area contributed by atoms with Crippen LogP contribution >= 0.6 is 0 Å². The van der Waals surface area contributed by atoms with Gasteiger partial charge < -0.3 is 5.11 Å². The van der Waals surface area contributed by atoms with Gasteiger partial charge in [0.15, 0.2) is 0 Å². The monoisotopic (exact) mass is 426 g/mol. The van der Waals surface area contributed by atoms with Crippen molar-refractivity contribution >= 4 is 0 Å². The highest BCUT2D eigenvalue weighted by molar-refractivity contribution is 5.38. The first-order chi connectivity index (χ1) is 14.4. The van der Waals surface area contributed by atoms with E-state index in [1.807, 2.05) is 0 Å². The second-order valence-electron chi connectivity index (χ2n) is 13.8. The van der Waals surface area contributed by atoms with E-state index < -0.39 is 0 Å². The SMILES string of the molecule is CC(C)CCCC(C)C1CCC2(C)C3C=CC4C(C)(CCC(O)C4(C)C)C3=CCC12C. The second-order valence-corrected chi connectivity index (χ2v) is 13.8. The van der Waals surface area contributed by atoms with Gasteiger partial charge in [0.25, 0.3) is 0 Å². The molecule has 2 fully saturated rings. The average molecular weight is 427 g/mol. The van der Waals surface area contributed by atoms with Crippen molar-refractivity contribution < 1.29 is 5.11 Å². The van der Waals surface area contributed by atoms with Gasteiger partial charge in [-0.05, 0) is 77.4 Å². The molecule has 0 amide bonds. The van der Waals surface area contributed by atoms with Gasteiger partial charge >= 0.3 is 0 Å². The molecule has 0 spiro atoms. The van der Waals surface area contributed by atoms with Gasteiger partial charge in [0.2, 0.25) is 0 Å². The van der Waals surface area contributed by atoms with E-state index in [0.717, 1.165) is 30.6 Å². The molecular formula is C30H50O. The number of hydrogen-bond acceptors (Lipinski definition) is 1. The summed E-state index contributed by atoms with van der Waals surface area (Å²) in [6.45, 7) is 19.7. The maximum atomic E-state index is 10.8. The van der Waals surface area contributed by atoms with E-state index in [-0.39, 0.29) is 16.9 Å². The Morgan fingerprint density at radius 2 is 1.65 bits per heavy atom. The molecule has 0 aromatic rings. The molecule has 0 radical (unpaired) electrons. The van der Waals surface area contributed by atoms with E-state index in [1.165, 1.54) is 38.5 Å². The molecule has 4 aliphatic carbocycles. The minimum Gasteiger partial charge on any atom is -0.393 e. The maximum Gasteiger partial charge on any atom is 0.0597 e. The zero-order valence-corrected chi connectivity index (χ0v) is 21.8. The summed E-state index contributed by atoms with van der Waals surface area (Å²) >= 11 is 0. The minimum atomic E-state index is -0.181. The summed E-state index contributed by atoms with van der Waals surface area (Å²) in [6, 6.07) is 0. The first-order valence-corrected chi connectivity index (χ1v) is 13.4. The van der Waals surface area contributed by atoms with Crippen LogP contribution in [0.4, 0.5) is 0 Å². The van der Waals surface area contributed by atoms with Crippen molar-refractivity contribution in [3.8, 4) is 0 Å². The minimum absolute atomic E-state index is 0.0416. The molecular weight excluding hydrogens is 376 g/mol. The van der Waals surface area contributed by atoms with Crippen LogP contribution < -0.4 is 0 Å². The number of allylic oxidation sites excluding steroid dienone is 4. The Labute approximate surface area is 193 Å². The Balaban J connectivity index is 1.63. The topological polar surface area (TPSA) is 20.2 Å². The third-order valence-electron chi connectivity index (χ3n) is 11.4. The van der Waals surface area contributed by atoms with E-state index in [1.54, 1.807) is 5.57 Å². The zero-order chi connectivity index (χ0) is 22.8. The number of rotatable bonds is 5. The summed E-state index contributed by atoms with van der Waals surface area (Å²) in [5.41, 5.74) is 2.69. The van der Waals surface area contributed by atoms with E-state index in [0.29, 0.717) is 22.7 Å². The van der Waals surface area contributed by atoms with Crippen LogP contribution in [0.1, 0.15) is 107 Å². The Bertz CT molecular complexity index is 744. The Kier molecular flexibility index (Phi) is 5.90. The van der Waals surface area contributed by atoms with Crippen molar-refractivity contribution in [1.29, 1.82) is 0 Å². The molecule has 4 aliphatic rings. The first kappa shape index (κ1) is 23.6.